The van der Waals surface area contributed by atoms with Gasteiger partial charge in [0.15, 0.2) is 0 Å². The number of benzene rings is 1. The van der Waals surface area contributed by atoms with Crippen LogP contribution in [0.3, 0.4) is 0 Å². The summed E-state index contributed by atoms with van der Waals surface area (Å²) < 4.78 is 0. The Kier molecular flexibility index (Phi) is 2.54. The summed E-state index contributed by atoms with van der Waals surface area (Å²) in [6, 6.07) is 6.80. The molecule has 4 heteroatoms. The maximum Gasteiger partial charge on any atom is 0.317 e. The molecule has 4 nitrogen and oxygen atoms in total. The van der Waals surface area contributed by atoms with Gasteiger partial charge in [-0.2, -0.15) is 0 Å². The molecule has 0 spiro atoms. The maximum atomic E-state index is 11.4. The number of carboxylic acids is 2. The first-order valence-corrected chi connectivity index (χ1v) is 5.59. The predicted octanol–water partition coefficient (Wildman–Crippen LogP) is 1.94. The average molecular weight is 246 g/mol. The number of fused-ring (bicyclic) bond motifs is 1. The Morgan fingerprint density at radius 2 is 1.22 bits per heavy atom. The first-order chi connectivity index (χ1) is 8.32. The summed E-state index contributed by atoms with van der Waals surface area (Å²) >= 11 is 0. The van der Waals surface area contributed by atoms with Gasteiger partial charge in [-0.15, -0.1) is 0 Å². The molecule has 1 aromatic carbocycles. The van der Waals surface area contributed by atoms with Crippen LogP contribution in [-0.4, -0.2) is 22.2 Å². The lowest BCUT2D eigenvalue weighted by Crippen LogP contribution is -2.41. The van der Waals surface area contributed by atoms with Gasteiger partial charge in [0.25, 0.3) is 0 Å². The van der Waals surface area contributed by atoms with E-state index in [1.54, 1.807) is 38.1 Å². The summed E-state index contributed by atoms with van der Waals surface area (Å²) in [4.78, 5) is 22.8. The number of carbonyl (C=O) groups is 2. The number of carboxylic acid groups (broad SMARTS) is 2. The molecular weight excluding hydrogens is 232 g/mol. The van der Waals surface area contributed by atoms with Crippen LogP contribution in [0, 0.1) is 0 Å². The highest BCUT2D eigenvalue weighted by Crippen LogP contribution is 2.41. The quantitative estimate of drug-likeness (QED) is 0.782. The lowest BCUT2D eigenvalue weighted by atomic mass is 9.66. The summed E-state index contributed by atoms with van der Waals surface area (Å²) in [6.07, 6.45) is 2.93. The Balaban J connectivity index is 2.75. The summed E-state index contributed by atoms with van der Waals surface area (Å²) in [5.41, 5.74) is -1.29. The van der Waals surface area contributed by atoms with Crippen molar-refractivity contribution >= 4 is 11.9 Å². The Hall–Kier alpha value is -2.10. The second-order valence-electron chi connectivity index (χ2n) is 4.89. The molecule has 94 valence electrons. The third-order valence-corrected chi connectivity index (χ3v) is 3.68. The van der Waals surface area contributed by atoms with Crippen LogP contribution >= 0.6 is 0 Å². The van der Waals surface area contributed by atoms with E-state index in [1.807, 2.05) is 0 Å². The highest BCUT2D eigenvalue weighted by Gasteiger charge is 2.45. The molecule has 2 atom stereocenters. The topological polar surface area (TPSA) is 74.6 Å². The molecule has 0 bridgehead atoms. The van der Waals surface area contributed by atoms with E-state index in [2.05, 4.69) is 0 Å². The minimum Gasteiger partial charge on any atom is -0.480 e. The van der Waals surface area contributed by atoms with Gasteiger partial charge in [0.2, 0.25) is 0 Å². The third kappa shape index (κ3) is 1.45. The summed E-state index contributed by atoms with van der Waals surface area (Å²) in [5.74, 6) is -1.97. The standard InChI is InChI=1S/C14H14O4/c1-13(11(15)16)7-8-14(2,12(17)18)10-6-4-3-5-9(10)13/h3-8H,1-2H3,(H,15,16)(H,17,18)/t13-,14+. The van der Waals surface area contributed by atoms with Gasteiger partial charge in [-0.05, 0) is 25.0 Å². The lowest BCUT2D eigenvalue weighted by Gasteiger charge is -2.35. The van der Waals surface area contributed by atoms with E-state index >= 15 is 0 Å². The average Bonchev–Trinajstić information content (AvgIpc) is 2.34. The van der Waals surface area contributed by atoms with Crippen LogP contribution in [0.25, 0.3) is 0 Å². The molecule has 1 aliphatic carbocycles. The fraction of sp³-hybridized carbons (Fsp3) is 0.286. The summed E-state index contributed by atoms with van der Waals surface area (Å²) in [6.45, 7) is 3.15. The molecule has 18 heavy (non-hydrogen) atoms. The van der Waals surface area contributed by atoms with Crippen molar-refractivity contribution in [2.75, 3.05) is 0 Å². The highest BCUT2D eigenvalue weighted by atomic mass is 16.4. The van der Waals surface area contributed by atoms with E-state index in [1.165, 1.54) is 12.2 Å². The van der Waals surface area contributed by atoms with Gasteiger partial charge in [0, 0.05) is 0 Å². The normalized spacial score (nSPS) is 29.7. The zero-order chi connectivity index (χ0) is 13.6. The maximum absolute atomic E-state index is 11.4. The molecule has 0 aliphatic heterocycles. The zero-order valence-corrected chi connectivity index (χ0v) is 10.2. The molecule has 1 aromatic rings. The van der Waals surface area contributed by atoms with Crippen LogP contribution < -0.4 is 0 Å². The lowest BCUT2D eigenvalue weighted by molar-refractivity contribution is -0.143. The van der Waals surface area contributed by atoms with E-state index < -0.39 is 22.8 Å². The van der Waals surface area contributed by atoms with Gasteiger partial charge in [0.05, 0.1) is 0 Å². The molecule has 2 N–H and O–H groups in total. The zero-order valence-electron chi connectivity index (χ0n) is 10.2. The second-order valence-corrected chi connectivity index (χ2v) is 4.89. The summed E-state index contributed by atoms with van der Waals surface area (Å²) in [7, 11) is 0. The Morgan fingerprint density at radius 1 is 0.889 bits per heavy atom. The van der Waals surface area contributed by atoms with Crippen molar-refractivity contribution in [3.8, 4) is 0 Å². The van der Waals surface area contributed by atoms with Crippen LogP contribution in [0.15, 0.2) is 36.4 Å². The first-order valence-electron chi connectivity index (χ1n) is 5.59. The minimum atomic E-state index is -1.18. The molecule has 0 saturated carbocycles. The van der Waals surface area contributed by atoms with E-state index in [9.17, 15) is 19.8 Å². The molecule has 0 unspecified atom stereocenters. The molecule has 0 radical (unpaired) electrons. The largest absolute Gasteiger partial charge is 0.480 e. The van der Waals surface area contributed by atoms with Crippen LogP contribution in [0.4, 0.5) is 0 Å². The van der Waals surface area contributed by atoms with Crippen LogP contribution in [-0.2, 0) is 20.4 Å². The minimum absolute atomic E-state index is 0.532. The molecular formula is C14H14O4. The predicted molar refractivity (Wildman–Crippen MR) is 65.6 cm³/mol. The smallest absolute Gasteiger partial charge is 0.317 e. The third-order valence-electron chi connectivity index (χ3n) is 3.68. The number of aliphatic carboxylic acids is 2. The molecule has 0 heterocycles. The van der Waals surface area contributed by atoms with Gasteiger partial charge in [-0.3, -0.25) is 9.59 Å². The van der Waals surface area contributed by atoms with Gasteiger partial charge in [0.1, 0.15) is 10.8 Å². The Bertz CT molecular complexity index is 512. The van der Waals surface area contributed by atoms with Gasteiger partial charge < -0.3 is 10.2 Å². The van der Waals surface area contributed by atoms with E-state index in [4.69, 9.17) is 0 Å². The monoisotopic (exact) mass is 246 g/mol. The van der Waals surface area contributed by atoms with E-state index in [0.29, 0.717) is 11.1 Å². The van der Waals surface area contributed by atoms with Crippen molar-refractivity contribution in [3.05, 3.63) is 47.5 Å². The Morgan fingerprint density at radius 3 is 1.50 bits per heavy atom. The number of rotatable bonds is 2. The number of hydrogen-bond acceptors (Lipinski definition) is 2. The fourth-order valence-electron chi connectivity index (χ4n) is 2.27. The number of hydrogen-bond donors (Lipinski definition) is 2. The Labute approximate surface area is 105 Å². The van der Waals surface area contributed by atoms with Crippen LogP contribution in [0.2, 0.25) is 0 Å². The van der Waals surface area contributed by atoms with Crippen molar-refractivity contribution in [2.24, 2.45) is 0 Å². The van der Waals surface area contributed by atoms with E-state index in [0.717, 1.165) is 0 Å². The second kappa shape index (κ2) is 3.70. The summed E-state index contributed by atoms with van der Waals surface area (Å²) in [5, 5.41) is 18.7. The van der Waals surface area contributed by atoms with E-state index in [-0.39, 0.29) is 0 Å². The van der Waals surface area contributed by atoms with Gasteiger partial charge >= 0.3 is 11.9 Å². The highest BCUT2D eigenvalue weighted by molar-refractivity contribution is 5.91. The molecule has 0 saturated heterocycles. The van der Waals surface area contributed by atoms with Crippen molar-refractivity contribution in [1.29, 1.82) is 0 Å². The van der Waals surface area contributed by atoms with Crippen molar-refractivity contribution in [3.63, 3.8) is 0 Å². The van der Waals surface area contributed by atoms with Crippen LogP contribution in [0.5, 0.6) is 0 Å². The SMILES string of the molecule is C[C@@]1(C(=O)O)C=C[C@](C)(C(=O)O)c2ccccc21. The van der Waals surface area contributed by atoms with Crippen LogP contribution in [0.1, 0.15) is 25.0 Å². The fourth-order valence-corrected chi connectivity index (χ4v) is 2.27. The van der Waals surface area contributed by atoms with Gasteiger partial charge in [-0.25, -0.2) is 0 Å². The van der Waals surface area contributed by atoms with Crippen molar-refractivity contribution < 1.29 is 19.8 Å². The van der Waals surface area contributed by atoms with Gasteiger partial charge in [-0.1, -0.05) is 36.4 Å². The van der Waals surface area contributed by atoms with Crippen molar-refractivity contribution in [1.82, 2.24) is 0 Å². The molecule has 0 fully saturated rings. The molecule has 0 amide bonds. The first kappa shape index (κ1) is 12.4. The molecule has 0 aromatic heterocycles. The molecule has 2 rings (SSSR count). The van der Waals surface area contributed by atoms with Crippen molar-refractivity contribution in [2.45, 2.75) is 24.7 Å². The molecule has 1 aliphatic rings.